The van der Waals surface area contributed by atoms with Crippen molar-refractivity contribution in [2.24, 2.45) is 0 Å². The Labute approximate surface area is 77.3 Å². The first-order valence-electron chi connectivity index (χ1n) is 3.74. The van der Waals surface area contributed by atoms with Crippen LogP contribution in [-0.2, 0) is 6.54 Å². The van der Waals surface area contributed by atoms with Crippen LogP contribution in [0.25, 0.3) is 0 Å². The number of hydroxylamine groups is 2. The van der Waals surface area contributed by atoms with Gasteiger partial charge in [0.1, 0.15) is 0 Å². The molecule has 0 fully saturated rings. The van der Waals surface area contributed by atoms with Gasteiger partial charge in [0.2, 0.25) is 0 Å². The van der Waals surface area contributed by atoms with E-state index in [-0.39, 0.29) is 0 Å². The minimum Gasteiger partial charge on any atom is -0.314 e. The minimum atomic E-state index is 0.501. The van der Waals surface area contributed by atoms with Crippen molar-refractivity contribution in [1.29, 1.82) is 0 Å². The van der Waals surface area contributed by atoms with E-state index in [4.69, 9.17) is 16.8 Å². The normalized spacial score (nSPS) is 10.8. The second kappa shape index (κ2) is 3.90. The molecule has 0 saturated heterocycles. The van der Waals surface area contributed by atoms with E-state index >= 15 is 0 Å². The monoisotopic (exact) mass is 185 g/mol. The Balaban J connectivity index is 2.85. The summed E-state index contributed by atoms with van der Waals surface area (Å²) >= 11 is 5.83. The van der Waals surface area contributed by atoms with Crippen LogP contribution in [0, 0.1) is 6.92 Å². The molecule has 1 rings (SSSR count). The predicted octanol–water partition coefficient (Wildman–Crippen LogP) is 2.47. The average Bonchev–Trinajstić information content (AvgIpc) is 1.81. The molecule has 0 heterocycles. The minimum absolute atomic E-state index is 0.501. The third-order valence-electron chi connectivity index (χ3n) is 1.51. The summed E-state index contributed by atoms with van der Waals surface area (Å²) in [6, 6.07) is 5.74. The van der Waals surface area contributed by atoms with Crippen LogP contribution in [0.2, 0.25) is 5.02 Å². The first kappa shape index (κ1) is 9.52. The molecule has 0 aliphatic heterocycles. The van der Waals surface area contributed by atoms with Gasteiger partial charge in [0.15, 0.2) is 0 Å². The number of nitrogens with zero attached hydrogens (tertiary/aromatic N) is 1. The molecule has 1 aromatic carbocycles. The van der Waals surface area contributed by atoms with E-state index in [1.807, 2.05) is 25.1 Å². The lowest BCUT2D eigenvalue weighted by molar-refractivity contribution is -0.0731. The number of hydrogen-bond acceptors (Lipinski definition) is 2. The molecule has 66 valence electrons. The highest BCUT2D eigenvalue weighted by Crippen LogP contribution is 2.15. The van der Waals surface area contributed by atoms with Crippen LogP contribution in [0.15, 0.2) is 18.2 Å². The molecule has 0 unspecified atom stereocenters. The van der Waals surface area contributed by atoms with E-state index in [0.29, 0.717) is 11.6 Å². The van der Waals surface area contributed by atoms with Crippen molar-refractivity contribution in [1.82, 2.24) is 5.06 Å². The molecule has 0 aliphatic rings. The molecule has 1 aromatic rings. The van der Waals surface area contributed by atoms with Gasteiger partial charge in [-0.25, -0.2) is 0 Å². The molecular weight excluding hydrogens is 174 g/mol. The molecule has 1 N–H and O–H groups in total. The van der Waals surface area contributed by atoms with Crippen LogP contribution < -0.4 is 0 Å². The van der Waals surface area contributed by atoms with Gasteiger partial charge in [-0.1, -0.05) is 17.7 Å². The van der Waals surface area contributed by atoms with Crippen LogP contribution in [0.5, 0.6) is 0 Å². The van der Waals surface area contributed by atoms with Crippen molar-refractivity contribution >= 4 is 11.6 Å². The number of halogens is 1. The molecule has 0 aromatic heterocycles. The van der Waals surface area contributed by atoms with E-state index in [9.17, 15) is 0 Å². The molecule has 0 saturated carbocycles. The fourth-order valence-electron chi connectivity index (χ4n) is 1.17. The van der Waals surface area contributed by atoms with E-state index in [2.05, 4.69) is 0 Å². The SMILES string of the molecule is Cc1cc(Cl)cc(CN(C)O)c1. The maximum absolute atomic E-state index is 8.98. The Bertz CT molecular complexity index is 253. The lowest BCUT2D eigenvalue weighted by Gasteiger charge is -2.08. The molecule has 0 radical (unpaired) electrons. The lowest BCUT2D eigenvalue weighted by atomic mass is 10.1. The maximum Gasteiger partial charge on any atom is 0.0486 e. The molecule has 0 aliphatic carbocycles. The highest BCUT2D eigenvalue weighted by molar-refractivity contribution is 6.30. The van der Waals surface area contributed by atoms with Crippen molar-refractivity contribution in [2.45, 2.75) is 13.5 Å². The topological polar surface area (TPSA) is 23.5 Å². The Kier molecular flexibility index (Phi) is 3.09. The third-order valence-corrected chi connectivity index (χ3v) is 1.73. The molecule has 0 bridgehead atoms. The lowest BCUT2D eigenvalue weighted by Crippen LogP contribution is -2.11. The van der Waals surface area contributed by atoms with Gasteiger partial charge < -0.3 is 5.21 Å². The second-order valence-electron chi connectivity index (χ2n) is 2.95. The highest BCUT2D eigenvalue weighted by Gasteiger charge is 1.98. The Hall–Kier alpha value is -0.570. The summed E-state index contributed by atoms with van der Waals surface area (Å²) in [6.45, 7) is 2.48. The van der Waals surface area contributed by atoms with Gasteiger partial charge in [0.05, 0.1) is 0 Å². The van der Waals surface area contributed by atoms with Gasteiger partial charge in [-0.3, -0.25) is 0 Å². The Morgan fingerprint density at radius 2 is 2.08 bits per heavy atom. The molecule has 2 nitrogen and oxygen atoms in total. The van der Waals surface area contributed by atoms with E-state index in [0.717, 1.165) is 16.2 Å². The second-order valence-corrected chi connectivity index (χ2v) is 3.39. The summed E-state index contributed by atoms with van der Waals surface area (Å²) in [5.41, 5.74) is 2.13. The van der Waals surface area contributed by atoms with Crippen molar-refractivity contribution in [3.63, 3.8) is 0 Å². The molecule has 0 amide bonds. The molecular formula is C9H12ClNO. The standard InChI is InChI=1S/C9H12ClNO/c1-7-3-8(6-11(2)12)5-9(10)4-7/h3-5,12H,6H2,1-2H3. The first-order valence-corrected chi connectivity index (χ1v) is 4.12. The maximum atomic E-state index is 8.98. The first-order chi connectivity index (χ1) is 5.58. The molecule has 12 heavy (non-hydrogen) atoms. The summed E-state index contributed by atoms with van der Waals surface area (Å²) < 4.78 is 0. The fraction of sp³-hybridized carbons (Fsp3) is 0.333. The Morgan fingerprint density at radius 1 is 1.42 bits per heavy atom. The molecule has 0 atom stereocenters. The number of aryl methyl sites for hydroxylation is 1. The third kappa shape index (κ3) is 2.81. The van der Waals surface area contributed by atoms with E-state index in [1.165, 1.54) is 0 Å². The van der Waals surface area contributed by atoms with Crippen LogP contribution in [0.1, 0.15) is 11.1 Å². The van der Waals surface area contributed by atoms with Crippen molar-refractivity contribution in [3.8, 4) is 0 Å². The number of rotatable bonds is 2. The summed E-state index contributed by atoms with van der Waals surface area (Å²) in [4.78, 5) is 0. The van der Waals surface area contributed by atoms with Crippen molar-refractivity contribution in [2.75, 3.05) is 7.05 Å². The van der Waals surface area contributed by atoms with Crippen LogP contribution in [0.3, 0.4) is 0 Å². The zero-order valence-corrected chi connectivity index (χ0v) is 7.97. The number of benzene rings is 1. The van der Waals surface area contributed by atoms with Gasteiger partial charge in [-0.05, 0) is 30.2 Å². The van der Waals surface area contributed by atoms with Gasteiger partial charge in [0, 0.05) is 18.6 Å². The molecule has 0 spiro atoms. The van der Waals surface area contributed by atoms with Gasteiger partial charge in [-0.15, -0.1) is 0 Å². The fourth-order valence-corrected chi connectivity index (χ4v) is 1.48. The largest absolute Gasteiger partial charge is 0.314 e. The van der Waals surface area contributed by atoms with Gasteiger partial charge in [-0.2, -0.15) is 5.06 Å². The predicted molar refractivity (Wildman–Crippen MR) is 49.4 cm³/mol. The van der Waals surface area contributed by atoms with Crippen molar-refractivity contribution < 1.29 is 5.21 Å². The van der Waals surface area contributed by atoms with Gasteiger partial charge >= 0.3 is 0 Å². The summed E-state index contributed by atoms with van der Waals surface area (Å²) in [7, 11) is 1.61. The van der Waals surface area contributed by atoms with Crippen LogP contribution in [0.4, 0.5) is 0 Å². The molecule has 3 heteroatoms. The smallest absolute Gasteiger partial charge is 0.0486 e. The summed E-state index contributed by atoms with van der Waals surface area (Å²) in [6.07, 6.45) is 0. The van der Waals surface area contributed by atoms with Crippen LogP contribution in [-0.4, -0.2) is 17.3 Å². The van der Waals surface area contributed by atoms with Crippen molar-refractivity contribution in [3.05, 3.63) is 34.3 Å². The summed E-state index contributed by atoms with van der Waals surface area (Å²) in [5.74, 6) is 0. The Morgan fingerprint density at radius 3 is 2.58 bits per heavy atom. The van der Waals surface area contributed by atoms with Crippen LogP contribution >= 0.6 is 11.6 Å². The highest BCUT2D eigenvalue weighted by atomic mass is 35.5. The summed E-state index contributed by atoms with van der Waals surface area (Å²) in [5, 5.41) is 10.8. The number of hydrogen-bond donors (Lipinski definition) is 1. The van der Waals surface area contributed by atoms with E-state index in [1.54, 1.807) is 7.05 Å². The zero-order valence-electron chi connectivity index (χ0n) is 7.21. The van der Waals surface area contributed by atoms with E-state index < -0.39 is 0 Å². The van der Waals surface area contributed by atoms with Gasteiger partial charge in [0.25, 0.3) is 0 Å². The zero-order chi connectivity index (χ0) is 9.14. The average molecular weight is 186 g/mol. The quantitative estimate of drug-likeness (QED) is 0.716.